The van der Waals surface area contributed by atoms with E-state index in [-0.39, 0.29) is 0 Å². The Labute approximate surface area is 193 Å². The molecule has 4 rings (SSSR count). The number of hydrogen-bond donors (Lipinski definition) is 0. The van der Waals surface area contributed by atoms with E-state index in [0.29, 0.717) is 22.8 Å². The van der Waals surface area contributed by atoms with Gasteiger partial charge in [-0.2, -0.15) is 0 Å². The van der Waals surface area contributed by atoms with Gasteiger partial charge in [-0.3, -0.25) is 4.79 Å². The molecule has 2 nitrogen and oxygen atoms in total. The summed E-state index contributed by atoms with van der Waals surface area (Å²) in [5.41, 5.74) is 0.909. The van der Waals surface area contributed by atoms with Crippen LogP contribution < -0.4 is 0 Å². The van der Waals surface area contributed by atoms with E-state index in [2.05, 4.69) is 53.5 Å². The van der Waals surface area contributed by atoms with Crippen LogP contribution in [0.25, 0.3) is 0 Å². The van der Waals surface area contributed by atoms with Crippen LogP contribution in [0.15, 0.2) is 0 Å². The summed E-state index contributed by atoms with van der Waals surface area (Å²) in [6.07, 6.45) is 14.5. The third-order valence-corrected chi connectivity index (χ3v) is 11.5. The van der Waals surface area contributed by atoms with E-state index in [1.807, 2.05) is 0 Å². The highest BCUT2D eigenvalue weighted by molar-refractivity contribution is 5.77. The molecule has 0 spiro atoms. The Balaban J connectivity index is 1.56. The Morgan fingerprint density at radius 3 is 2.39 bits per heavy atom. The highest BCUT2D eigenvalue weighted by Crippen LogP contribution is 2.68. The molecule has 9 atom stereocenters. The lowest BCUT2D eigenvalue weighted by atomic mass is 9.44. The van der Waals surface area contributed by atoms with Crippen molar-refractivity contribution in [1.82, 2.24) is 4.90 Å². The second-order valence-electron chi connectivity index (χ2n) is 13.3. The minimum atomic E-state index is 0.349. The molecule has 4 aliphatic rings. The van der Waals surface area contributed by atoms with Gasteiger partial charge in [0.25, 0.3) is 0 Å². The molecule has 0 aromatic rings. The minimum Gasteiger partial charge on any atom is -0.342 e. The van der Waals surface area contributed by atoms with E-state index in [4.69, 9.17) is 0 Å². The summed E-state index contributed by atoms with van der Waals surface area (Å²) >= 11 is 0. The molecule has 5 unspecified atom stereocenters. The van der Waals surface area contributed by atoms with Gasteiger partial charge in [-0.05, 0) is 90.8 Å². The summed E-state index contributed by atoms with van der Waals surface area (Å²) in [6.45, 7) is 15.0. The molecule has 0 N–H and O–H groups in total. The second kappa shape index (κ2) is 8.68. The lowest BCUT2D eigenvalue weighted by molar-refractivity contribution is -0.169. The molecule has 3 saturated carbocycles. The minimum absolute atomic E-state index is 0.349. The first-order valence-electron chi connectivity index (χ1n) is 13.9. The number of carbonyl (C=O) groups is 1. The lowest BCUT2D eigenvalue weighted by Crippen LogP contribution is -2.63. The molecule has 1 amide bonds. The fourth-order valence-electron chi connectivity index (χ4n) is 9.72. The lowest BCUT2D eigenvalue weighted by Gasteiger charge is -2.64. The van der Waals surface area contributed by atoms with Gasteiger partial charge in [0.05, 0.1) is 0 Å². The monoisotopic (exact) mass is 429 g/mol. The summed E-state index contributed by atoms with van der Waals surface area (Å²) < 4.78 is 0. The number of nitrogens with zero attached hydrogens (tertiary/aromatic N) is 1. The van der Waals surface area contributed by atoms with Gasteiger partial charge in [0.2, 0.25) is 5.91 Å². The van der Waals surface area contributed by atoms with Crippen molar-refractivity contribution < 1.29 is 4.79 Å². The Hall–Kier alpha value is -0.530. The maximum absolute atomic E-state index is 12.6. The van der Waals surface area contributed by atoms with Crippen LogP contribution >= 0.6 is 0 Å². The third-order valence-electron chi connectivity index (χ3n) is 11.5. The van der Waals surface area contributed by atoms with E-state index in [1.165, 1.54) is 57.8 Å². The number of piperidine rings is 1. The van der Waals surface area contributed by atoms with Crippen molar-refractivity contribution in [3.63, 3.8) is 0 Å². The van der Waals surface area contributed by atoms with Crippen LogP contribution in [0.1, 0.15) is 112 Å². The van der Waals surface area contributed by atoms with Crippen molar-refractivity contribution >= 4 is 5.91 Å². The number of fused-ring (bicyclic) bond motifs is 5. The molecular formula is C29H51NO. The zero-order chi connectivity index (χ0) is 22.6. The summed E-state index contributed by atoms with van der Waals surface area (Å²) in [5, 5.41) is 0. The first-order chi connectivity index (χ1) is 14.6. The van der Waals surface area contributed by atoms with Crippen molar-refractivity contribution in [2.24, 2.45) is 52.3 Å². The zero-order valence-corrected chi connectivity index (χ0v) is 21.8. The predicted molar refractivity (Wildman–Crippen MR) is 131 cm³/mol. The van der Waals surface area contributed by atoms with Crippen LogP contribution in [0.3, 0.4) is 0 Å². The molecule has 2 heteroatoms. The highest BCUT2D eigenvalue weighted by Gasteiger charge is 2.63. The maximum atomic E-state index is 12.6. The van der Waals surface area contributed by atoms with Gasteiger partial charge in [0, 0.05) is 19.5 Å². The van der Waals surface area contributed by atoms with Crippen LogP contribution in [0.2, 0.25) is 0 Å². The van der Waals surface area contributed by atoms with E-state index in [0.717, 1.165) is 54.3 Å². The van der Waals surface area contributed by atoms with Crippen molar-refractivity contribution in [3.8, 4) is 0 Å². The van der Waals surface area contributed by atoms with Gasteiger partial charge in [0.15, 0.2) is 0 Å². The van der Waals surface area contributed by atoms with Crippen LogP contribution in [-0.4, -0.2) is 23.9 Å². The molecule has 0 aromatic heterocycles. The van der Waals surface area contributed by atoms with Crippen LogP contribution in [0.5, 0.6) is 0 Å². The standard InChI is InChI=1S/C29H51NO/c1-8-21-18-25-29(6,17-15-26(31)30(25)7)24-14-16-28(5)22(12-13-23(28)27(21)24)20(4)11-9-10-19(2)3/h19-25,27H,8-18H2,1-7H3/t20?,21-,22?,23?,24?,25+,27?,28+,29+/m0/s1. The first-order valence-corrected chi connectivity index (χ1v) is 13.9. The van der Waals surface area contributed by atoms with Gasteiger partial charge in [-0.15, -0.1) is 0 Å². The normalized spacial score (nSPS) is 45.9. The molecule has 0 radical (unpaired) electrons. The second-order valence-corrected chi connectivity index (χ2v) is 13.3. The maximum Gasteiger partial charge on any atom is 0.222 e. The fraction of sp³-hybridized carbons (Fsp3) is 0.966. The number of hydrogen-bond acceptors (Lipinski definition) is 1. The molecular weight excluding hydrogens is 378 g/mol. The summed E-state index contributed by atoms with van der Waals surface area (Å²) in [5.74, 6) is 6.54. The van der Waals surface area contributed by atoms with E-state index < -0.39 is 0 Å². The summed E-state index contributed by atoms with van der Waals surface area (Å²) in [7, 11) is 2.11. The van der Waals surface area contributed by atoms with Crippen molar-refractivity contribution in [2.45, 2.75) is 118 Å². The number of likely N-dealkylation sites (tertiary alicyclic amines) is 1. The molecule has 4 fully saturated rings. The highest BCUT2D eigenvalue weighted by atomic mass is 16.2. The Bertz CT molecular complexity index is 657. The zero-order valence-electron chi connectivity index (χ0n) is 21.8. The Morgan fingerprint density at radius 2 is 1.71 bits per heavy atom. The first kappa shape index (κ1) is 23.6. The van der Waals surface area contributed by atoms with Crippen molar-refractivity contribution in [2.75, 3.05) is 7.05 Å². The molecule has 0 aromatic carbocycles. The molecule has 31 heavy (non-hydrogen) atoms. The molecule has 178 valence electrons. The van der Waals surface area contributed by atoms with Gasteiger partial charge >= 0.3 is 0 Å². The summed E-state index contributed by atoms with van der Waals surface area (Å²) in [4.78, 5) is 14.7. The van der Waals surface area contributed by atoms with Crippen LogP contribution in [0, 0.1) is 52.3 Å². The fourth-order valence-corrected chi connectivity index (χ4v) is 9.72. The largest absolute Gasteiger partial charge is 0.342 e. The van der Waals surface area contributed by atoms with Gasteiger partial charge in [-0.1, -0.05) is 67.2 Å². The Kier molecular flexibility index (Phi) is 6.61. The van der Waals surface area contributed by atoms with E-state index in [9.17, 15) is 4.79 Å². The van der Waals surface area contributed by atoms with Crippen molar-refractivity contribution in [1.29, 1.82) is 0 Å². The molecule has 3 aliphatic carbocycles. The summed E-state index contributed by atoms with van der Waals surface area (Å²) in [6, 6.07) is 0.483. The quantitative estimate of drug-likeness (QED) is 0.426. The smallest absolute Gasteiger partial charge is 0.222 e. The van der Waals surface area contributed by atoms with Gasteiger partial charge in [0.1, 0.15) is 0 Å². The van der Waals surface area contributed by atoms with Gasteiger partial charge < -0.3 is 4.90 Å². The number of rotatable bonds is 6. The number of carbonyl (C=O) groups excluding carboxylic acids is 1. The molecule has 1 saturated heterocycles. The predicted octanol–water partition coefficient (Wildman–Crippen LogP) is 7.56. The topological polar surface area (TPSA) is 20.3 Å². The van der Waals surface area contributed by atoms with Crippen LogP contribution in [-0.2, 0) is 4.79 Å². The van der Waals surface area contributed by atoms with E-state index >= 15 is 0 Å². The van der Waals surface area contributed by atoms with Gasteiger partial charge in [-0.25, -0.2) is 0 Å². The molecule has 1 heterocycles. The molecule has 1 aliphatic heterocycles. The third kappa shape index (κ3) is 3.80. The van der Waals surface area contributed by atoms with Crippen molar-refractivity contribution in [3.05, 3.63) is 0 Å². The van der Waals surface area contributed by atoms with Crippen LogP contribution in [0.4, 0.5) is 0 Å². The Morgan fingerprint density at radius 1 is 1.00 bits per heavy atom. The molecule has 0 bridgehead atoms. The SMILES string of the molecule is CC[C@H]1C[C@H]2N(C)C(=O)CC[C@]2(C)C2CC[C@]3(C)C(C(C)CCCC(C)C)CCC3C21. The number of amides is 1. The van der Waals surface area contributed by atoms with E-state index in [1.54, 1.807) is 0 Å². The average molecular weight is 430 g/mol. The average Bonchev–Trinajstić information content (AvgIpc) is 3.08.